The van der Waals surface area contributed by atoms with E-state index in [2.05, 4.69) is 10.6 Å². The molecule has 0 spiro atoms. The van der Waals surface area contributed by atoms with Crippen molar-refractivity contribution in [1.29, 1.82) is 0 Å². The maximum Gasteiger partial charge on any atom is 0.441 e. The van der Waals surface area contributed by atoms with Crippen molar-refractivity contribution in [3.63, 3.8) is 0 Å². The topological polar surface area (TPSA) is 97.4 Å². The molecule has 0 aliphatic carbocycles. The third kappa shape index (κ3) is 3.40. The van der Waals surface area contributed by atoms with Crippen LogP contribution in [-0.2, 0) is 0 Å². The third-order valence-corrected chi connectivity index (χ3v) is 3.84. The van der Waals surface area contributed by atoms with E-state index in [0.29, 0.717) is 27.9 Å². The second-order valence-corrected chi connectivity index (χ2v) is 5.60. The van der Waals surface area contributed by atoms with Crippen molar-refractivity contribution in [2.45, 2.75) is 0 Å². The fraction of sp³-hybridized carbons (Fsp3) is 0.118. The number of ether oxygens (including phenoxy) is 2. The molecule has 26 heavy (non-hydrogen) atoms. The molecule has 3 aromatic rings. The van der Waals surface area contributed by atoms with Crippen LogP contribution in [0.5, 0.6) is 11.5 Å². The summed E-state index contributed by atoms with van der Waals surface area (Å²) in [6.45, 7) is 0. The van der Waals surface area contributed by atoms with Gasteiger partial charge >= 0.3 is 17.2 Å². The van der Waals surface area contributed by atoms with Gasteiger partial charge in [0.05, 0.1) is 19.9 Å². The third-order valence-electron chi connectivity index (χ3n) is 3.60. The van der Waals surface area contributed by atoms with Gasteiger partial charge in [0.15, 0.2) is 0 Å². The molecule has 0 radical (unpaired) electrons. The van der Waals surface area contributed by atoms with Crippen LogP contribution in [0.1, 0.15) is 10.5 Å². The Hall–Kier alpha value is -3.26. The first-order valence-electron chi connectivity index (χ1n) is 7.46. The van der Waals surface area contributed by atoms with E-state index in [1.165, 1.54) is 17.9 Å². The van der Waals surface area contributed by atoms with Gasteiger partial charge in [-0.2, -0.15) is 0 Å². The van der Waals surface area contributed by atoms with Crippen LogP contribution in [0.25, 0.3) is 5.69 Å². The van der Waals surface area contributed by atoms with E-state index in [1.54, 1.807) is 43.5 Å². The minimum Gasteiger partial charge on any atom is -0.497 e. The van der Waals surface area contributed by atoms with E-state index >= 15 is 0 Å². The molecule has 134 valence electrons. The number of benzene rings is 2. The lowest BCUT2D eigenvalue weighted by atomic mass is 10.2. The highest BCUT2D eigenvalue weighted by Gasteiger charge is 2.31. The summed E-state index contributed by atoms with van der Waals surface area (Å²) < 4.78 is 16.3. The summed E-state index contributed by atoms with van der Waals surface area (Å²) in [4.78, 5) is 24.7. The molecule has 2 N–H and O–H groups in total. The van der Waals surface area contributed by atoms with Crippen molar-refractivity contribution < 1.29 is 23.5 Å². The van der Waals surface area contributed by atoms with Gasteiger partial charge < -0.3 is 14.8 Å². The van der Waals surface area contributed by atoms with Gasteiger partial charge in [-0.3, -0.25) is 9.32 Å². The number of amides is 1. The maximum atomic E-state index is 12.7. The van der Waals surface area contributed by atoms with Gasteiger partial charge in [-0.05, 0) is 40.3 Å². The van der Waals surface area contributed by atoms with E-state index < -0.39 is 11.5 Å². The molecule has 0 saturated heterocycles. The van der Waals surface area contributed by atoms with E-state index in [-0.39, 0.29) is 5.69 Å². The number of rotatable bonds is 5. The number of anilines is 1. The van der Waals surface area contributed by atoms with Crippen LogP contribution in [0, 0.1) is 0 Å². The summed E-state index contributed by atoms with van der Waals surface area (Å²) in [6.07, 6.45) is 0. The predicted molar refractivity (Wildman–Crippen MR) is 93.4 cm³/mol. The number of nitrogens with one attached hydrogen (secondary N) is 2. The Bertz CT molecular complexity index is 994. The van der Waals surface area contributed by atoms with Crippen LogP contribution in [0.2, 0.25) is 5.02 Å². The van der Waals surface area contributed by atoms with Crippen LogP contribution in [-0.4, -0.2) is 25.4 Å². The lowest BCUT2D eigenvalue weighted by molar-refractivity contribution is -0.672. The van der Waals surface area contributed by atoms with Gasteiger partial charge in [0.25, 0.3) is 0 Å². The molecule has 0 fully saturated rings. The summed E-state index contributed by atoms with van der Waals surface area (Å²) >= 11 is 5.96. The van der Waals surface area contributed by atoms with Crippen molar-refractivity contribution >= 4 is 23.2 Å². The smallest absolute Gasteiger partial charge is 0.441 e. The number of carbonyl (C=O) groups is 1. The lowest BCUT2D eigenvalue weighted by Gasteiger charge is -2.08. The standard InChI is InChI=1S/C17H14ClN3O5/c1-24-12-6-4-11(5-7-12)21-15(17(23)26-20-21)16(22)19-13-9-10(18)3-8-14(13)25-2/h3-9H,1-2H3,(H-,19,20,22,23)/p+1. The zero-order valence-corrected chi connectivity index (χ0v) is 14.7. The number of nitrogens with zero attached hydrogens (tertiary/aromatic N) is 1. The van der Waals surface area contributed by atoms with Gasteiger partial charge in [-0.15, -0.1) is 0 Å². The average molecular weight is 377 g/mol. The normalized spacial score (nSPS) is 10.4. The fourth-order valence-electron chi connectivity index (χ4n) is 2.34. The lowest BCUT2D eigenvalue weighted by Crippen LogP contribution is -2.42. The zero-order chi connectivity index (χ0) is 18.7. The van der Waals surface area contributed by atoms with Crippen LogP contribution >= 0.6 is 11.6 Å². The van der Waals surface area contributed by atoms with Crippen LogP contribution in [0.15, 0.2) is 51.8 Å². The molecule has 1 amide bonds. The Morgan fingerprint density at radius 3 is 2.54 bits per heavy atom. The molecule has 3 rings (SSSR count). The molecule has 0 atom stereocenters. The molecule has 0 aliphatic rings. The predicted octanol–water partition coefficient (Wildman–Crippen LogP) is 2.17. The summed E-state index contributed by atoms with van der Waals surface area (Å²) in [5, 5.41) is 5.42. The molecule has 0 aliphatic heterocycles. The van der Waals surface area contributed by atoms with Crippen LogP contribution < -0.4 is 25.1 Å². The SMILES string of the molecule is COc1ccc(-[n+]2[nH]oc(=O)c2C(=O)Nc2cc(Cl)ccc2OC)cc1. The minimum absolute atomic E-state index is 0.239. The highest BCUT2D eigenvalue weighted by molar-refractivity contribution is 6.31. The number of methoxy groups -OCH3 is 2. The number of H-pyrrole nitrogens is 1. The Morgan fingerprint density at radius 2 is 1.88 bits per heavy atom. The highest BCUT2D eigenvalue weighted by Crippen LogP contribution is 2.27. The number of carbonyl (C=O) groups excluding carboxylic acids is 1. The molecular formula is C17H15ClN3O5+. The Kier molecular flexibility index (Phi) is 4.94. The summed E-state index contributed by atoms with van der Waals surface area (Å²) in [7, 11) is 3.00. The number of aromatic amines is 1. The van der Waals surface area contributed by atoms with Gasteiger partial charge in [0.1, 0.15) is 11.5 Å². The van der Waals surface area contributed by atoms with Crippen LogP contribution in [0.3, 0.4) is 0 Å². The van der Waals surface area contributed by atoms with Crippen LogP contribution in [0.4, 0.5) is 5.69 Å². The largest absolute Gasteiger partial charge is 0.497 e. The average Bonchev–Trinajstić information content (AvgIpc) is 3.03. The van der Waals surface area contributed by atoms with Crippen molar-refractivity contribution in [3.8, 4) is 17.2 Å². The first kappa shape index (κ1) is 17.6. The van der Waals surface area contributed by atoms with Gasteiger partial charge in [0, 0.05) is 17.2 Å². The van der Waals surface area contributed by atoms with Gasteiger partial charge in [-0.25, -0.2) is 4.79 Å². The second-order valence-electron chi connectivity index (χ2n) is 5.16. The second kappa shape index (κ2) is 7.32. The molecule has 2 aromatic carbocycles. The van der Waals surface area contributed by atoms with Crippen molar-refractivity contribution in [2.24, 2.45) is 0 Å². The van der Waals surface area contributed by atoms with Gasteiger partial charge in [0.2, 0.25) is 5.69 Å². The quantitative estimate of drug-likeness (QED) is 0.665. The summed E-state index contributed by atoms with van der Waals surface area (Å²) in [5.41, 5.74) is -0.219. The molecular weight excluding hydrogens is 362 g/mol. The molecule has 8 nitrogen and oxygen atoms in total. The van der Waals surface area contributed by atoms with Gasteiger partial charge in [-0.1, -0.05) is 11.6 Å². The molecule has 1 aromatic heterocycles. The first-order valence-corrected chi connectivity index (χ1v) is 7.84. The van der Waals surface area contributed by atoms with Crippen molar-refractivity contribution in [3.05, 3.63) is 63.6 Å². The van der Waals surface area contributed by atoms with E-state index in [9.17, 15) is 9.59 Å². The van der Waals surface area contributed by atoms with Crippen molar-refractivity contribution in [2.75, 3.05) is 19.5 Å². The van der Waals surface area contributed by atoms with E-state index in [4.69, 9.17) is 25.6 Å². The van der Waals surface area contributed by atoms with Crippen molar-refractivity contribution in [1.82, 2.24) is 5.27 Å². The molecule has 0 bridgehead atoms. The summed E-state index contributed by atoms with van der Waals surface area (Å²) in [6, 6.07) is 11.5. The number of halogens is 1. The van der Waals surface area contributed by atoms with E-state index in [0.717, 1.165) is 0 Å². The molecule has 1 heterocycles. The highest BCUT2D eigenvalue weighted by atomic mass is 35.5. The number of hydrogen-bond acceptors (Lipinski definition) is 5. The summed E-state index contributed by atoms with van der Waals surface area (Å²) in [5.74, 6) is 0.352. The Morgan fingerprint density at radius 1 is 1.15 bits per heavy atom. The fourth-order valence-corrected chi connectivity index (χ4v) is 2.51. The Labute approximate surface area is 152 Å². The Balaban J connectivity index is 1.97. The number of hydrogen-bond donors (Lipinski definition) is 2. The monoisotopic (exact) mass is 376 g/mol. The number of aromatic nitrogens is 2. The maximum absolute atomic E-state index is 12.7. The molecule has 0 unspecified atom stereocenters. The first-order chi connectivity index (χ1) is 12.5. The zero-order valence-electron chi connectivity index (χ0n) is 13.9. The van der Waals surface area contributed by atoms with E-state index in [1.807, 2.05) is 0 Å². The molecule has 0 saturated carbocycles. The minimum atomic E-state index is -0.820. The molecule has 9 heteroatoms.